The fraction of sp³-hybridized carbons (Fsp3) is 1.00. The Morgan fingerprint density at radius 1 is 0.929 bits per heavy atom. The van der Waals surface area contributed by atoms with Gasteiger partial charge >= 0.3 is 0 Å². The minimum absolute atomic E-state index is 0.0951. The van der Waals surface area contributed by atoms with Gasteiger partial charge in [0.25, 0.3) is 0 Å². The van der Waals surface area contributed by atoms with Crippen molar-refractivity contribution in [3.63, 3.8) is 0 Å². The Labute approximate surface area is 175 Å². The van der Waals surface area contributed by atoms with E-state index in [4.69, 9.17) is 9.47 Å². The van der Waals surface area contributed by atoms with Crippen molar-refractivity contribution in [3.05, 3.63) is 0 Å². The molecular formula is C26H48O2. The van der Waals surface area contributed by atoms with E-state index in [9.17, 15) is 0 Å². The van der Waals surface area contributed by atoms with Crippen LogP contribution in [0.2, 0.25) is 0 Å². The molecule has 2 heteroatoms. The summed E-state index contributed by atoms with van der Waals surface area (Å²) in [5.41, 5.74) is 0.255. The molecule has 164 valence electrons. The molecule has 0 N–H and O–H groups in total. The third-order valence-electron chi connectivity index (χ3n) is 8.59. The Morgan fingerprint density at radius 3 is 2.32 bits per heavy atom. The van der Waals surface area contributed by atoms with Gasteiger partial charge in [0.05, 0.1) is 23.4 Å². The van der Waals surface area contributed by atoms with E-state index in [0.29, 0.717) is 18.1 Å². The largest absolute Gasteiger partial charge is 0.372 e. The highest BCUT2D eigenvalue weighted by molar-refractivity contribution is 4.98. The molecule has 7 unspecified atom stereocenters. The summed E-state index contributed by atoms with van der Waals surface area (Å²) in [5, 5.41) is 0. The maximum absolute atomic E-state index is 6.99. The van der Waals surface area contributed by atoms with Gasteiger partial charge < -0.3 is 9.47 Å². The van der Waals surface area contributed by atoms with Crippen LogP contribution in [0.15, 0.2) is 0 Å². The Kier molecular flexibility index (Phi) is 7.24. The Bertz CT molecular complexity index is 499. The molecule has 0 aromatic heterocycles. The lowest BCUT2D eigenvalue weighted by atomic mass is 9.61. The van der Waals surface area contributed by atoms with Gasteiger partial charge in [-0.2, -0.15) is 0 Å². The van der Waals surface area contributed by atoms with Crippen molar-refractivity contribution < 1.29 is 9.47 Å². The highest BCUT2D eigenvalue weighted by atomic mass is 16.5. The molecule has 0 saturated heterocycles. The molecule has 28 heavy (non-hydrogen) atoms. The van der Waals surface area contributed by atoms with Gasteiger partial charge in [-0.1, -0.05) is 27.7 Å². The smallest absolute Gasteiger partial charge is 0.0711 e. The Balaban J connectivity index is 1.59. The van der Waals surface area contributed by atoms with Crippen LogP contribution in [0.3, 0.4) is 0 Å². The van der Waals surface area contributed by atoms with Crippen molar-refractivity contribution in [2.45, 2.75) is 136 Å². The van der Waals surface area contributed by atoms with Crippen molar-refractivity contribution >= 4 is 0 Å². The van der Waals surface area contributed by atoms with Crippen LogP contribution in [0.1, 0.15) is 113 Å². The molecule has 7 atom stereocenters. The predicted octanol–water partition coefficient (Wildman–Crippen LogP) is 7.40. The van der Waals surface area contributed by atoms with E-state index < -0.39 is 0 Å². The van der Waals surface area contributed by atoms with E-state index in [-0.39, 0.29) is 11.2 Å². The van der Waals surface area contributed by atoms with Crippen molar-refractivity contribution in [2.75, 3.05) is 0 Å². The maximum Gasteiger partial charge on any atom is 0.0711 e. The molecule has 0 radical (unpaired) electrons. The molecule has 0 aliphatic heterocycles. The summed E-state index contributed by atoms with van der Waals surface area (Å²) in [6.07, 6.45) is 13.8. The van der Waals surface area contributed by atoms with Crippen LogP contribution >= 0.6 is 0 Å². The third-order valence-corrected chi connectivity index (χ3v) is 8.59. The van der Waals surface area contributed by atoms with E-state index >= 15 is 0 Å². The number of hydrogen-bond acceptors (Lipinski definition) is 2. The highest BCUT2D eigenvalue weighted by Gasteiger charge is 2.48. The molecule has 3 aliphatic rings. The summed E-state index contributed by atoms with van der Waals surface area (Å²) in [5.74, 6) is 4.01. The van der Waals surface area contributed by atoms with E-state index in [1.807, 2.05) is 0 Å². The van der Waals surface area contributed by atoms with E-state index in [2.05, 4.69) is 48.5 Å². The molecule has 0 aromatic rings. The lowest BCUT2D eigenvalue weighted by molar-refractivity contribution is -0.168. The second-order valence-corrected chi connectivity index (χ2v) is 11.5. The molecule has 0 amide bonds. The second-order valence-electron chi connectivity index (χ2n) is 11.5. The standard InChI is InChI=1S/C26H48O2/c1-8-25(11-9-22-13-20(6)14-24(25)16-22)28-21(7)15-23-10-12-26(17-23,18(2)3)27-19(4)5/h18-24H,8-17H2,1-7H3. The zero-order valence-corrected chi connectivity index (χ0v) is 19.9. The molecule has 3 fully saturated rings. The molecule has 0 heterocycles. The van der Waals surface area contributed by atoms with Crippen molar-refractivity contribution in [1.82, 2.24) is 0 Å². The number of ether oxygens (including phenoxy) is 2. The van der Waals surface area contributed by atoms with Crippen LogP contribution in [0.25, 0.3) is 0 Å². The summed E-state index contributed by atoms with van der Waals surface area (Å²) >= 11 is 0. The third kappa shape index (κ3) is 4.80. The fourth-order valence-corrected chi connectivity index (χ4v) is 7.27. The molecule has 0 spiro atoms. The molecular weight excluding hydrogens is 344 g/mol. The maximum atomic E-state index is 6.99. The normalized spacial score (nSPS) is 42.3. The van der Waals surface area contributed by atoms with Gasteiger partial charge in [0.15, 0.2) is 0 Å². The summed E-state index contributed by atoms with van der Waals surface area (Å²) in [6.45, 7) is 16.3. The minimum atomic E-state index is 0.0951. The lowest BCUT2D eigenvalue weighted by Crippen LogP contribution is -2.49. The molecule has 2 bridgehead atoms. The first kappa shape index (κ1) is 22.6. The van der Waals surface area contributed by atoms with Crippen LogP contribution in [-0.4, -0.2) is 23.4 Å². The fourth-order valence-electron chi connectivity index (χ4n) is 7.27. The van der Waals surface area contributed by atoms with Gasteiger partial charge in [0.2, 0.25) is 0 Å². The second kappa shape index (κ2) is 8.96. The zero-order chi connectivity index (χ0) is 20.5. The molecule has 0 aromatic carbocycles. The van der Waals surface area contributed by atoms with Gasteiger partial charge in [0, 0.05) is 0 Å². The van der Waals surface area contributed by atoms with Crippen molar-refractivity contribution in [2.24, 2.45) is 29.6 Å². The Morgan fingerprint density at radius 2 is 1.68 bits per heavy atom. The van der Waals surface area contributed by atoms with E-state index in [1.54, 1.807) is 0 Å². The van der Waals surface area contributed by atoms with Crippen molar-refractivity contribution in [3.8, 4) is 0 Å². The summed E-state index contributed by atoms with van der Waals surface area (Å²) in [4.78, 5) is 0. The van der Waals surface area contributed by atoms with Crippen LogP contribution in [0.5, 0.6) is 0 Å². The first-order chi connectivity index (χ1) is 13.2. The van der Waals surface area contributed by atoms with Crippen LogP contribution in [0, 0.1) is 29.6 Å². The molecule has 2 nitrogen and oxygen atoms in total. The lowest BCUT2D eigenvalue weighted by Gasteiger charge is -2.51. The average Bonchev–Trinajstić information content (AvgIpc) is 3.00. The Hall–Kier alpha value is -0.0800. The molecule has 3 aliphatic carbocycles. The summed E-state index contributed by atoms with van der Waals surface area (Å²) < 4.78 is 13.5. The number of rotatable bonds is 8. The topological polar surface area (TPSA) is 18.5 Å². The van der Waals surface area contributed by atoms with Crippen LogP contribution in [-0.2, 0) is 9.47 Å². The summed E-state index contributed by atoms with van der Waals surface area (Å²) in [6, 6.07) is 0. The van der Waals surface area contributed by atoms with Crippen molar-refractivity contribution in [1.29, 1.82) is 0 Å². The van der Waals surface area contributed by atoms with E-state index in [0.717, 1.165) is 23.7 Å². The number of hydrogen-bond donors (Lipinski definition) is 0. The molecule has 3 saturated carbocycles. The van der Waals surface area contributed by atoms with Crippen LogP contribution in [0.4, 0.5) is 0 Å². The van der Waals surface area contributed by atoms with Crippen LogP contribution < -0.4 is 0 Å². The van der Waals surface area contributed by atoms with Gasteiger partial charge in [0.1, 0.15) is 0 Å². The highest BCUT2D eigenvalue weighted by Crippen LogP contribution is 2.51. The minimum Gasteiger partial charge on any atom is -0.372 e. The monoisotopic (exact) mass is 392 g/mol. The predicted molar refractivity (Wildman–Crippen MR) is 119 cm³/mol. The van der Waals surface area contributed by atoms with Gasteiger partial charge in [-0.15, -0.1) is 0 Å². The SMILES string of the molecule is CCC1(OC(C)CC2CCC(OC(C)C)(C(C)C)C2)CCC2CC(C)CC1C2. The average molecular weight is 393 g/mol. The summed E-state index contributed by atoms with van der Waals surface area (Å²) in [7, 11) is 0. The molecule has 3 rings (SSSR count). The first-order valence-corrected chi connectivity index (χ1v) is 12.5. The number of fused-ring (bicyclic) bond motifs is 2. The zero-order valence-electron chi connectivity index (χ0n) is 19.9. The quantitative estimate of drug-likeness (QED) is 0.428. The first-order valence-electron chi connectivity index (χ1n) is 12.5. The van der Waals surface area contributed by atoms with Gasteiger partial charge in [-0.25, -0.2) is 0 Å². The van der Waals surface area contributed by atoms with E-state index in [1.165, 1.54) is 64.2 Å². The van der Waals surface area contributed by atoms with Gasteiger partial charge in [-0.3, -0.25) is 0 Å². The van der Waals surface area contributed by atoms with Gasteiger partial charge in [-0.05, 0) is 115 Å².